The minimum absolute atomic E-state index is 0.218. The number of rotatable bonds is 3. The average molecular weight is 326 g/mol. The molecule has 0 unspecified atom stereocenters. The molecule has 0 saturated heterocycles. The lowest BCUT2D eigenvalue weighted by atomic mass is 10.1. The van der Waals surface area contributed by atoms with E-state index in [4.69, 9.17) is 11.6 Å². The molecule has 0 N–H and O–H groups in total. The third-order valence-corrected chi connectivity index (χ3v) is 3.82. The molecule has 0 spiro atoms. The number of amides is 1. The summed E-state index contributed by atoms with van der Waals surface area (Å²) in [6, 6.07) is 7.12. The summed E-state index contributed by atoms with van der Waals surface area (Å²) in [7, 11) is 0. The maximum Gasteiger partial charge on any atom is 0.274 e. The lowest BCUT2D eigenvalue weighted by Gasteiger charge is -2.28. The van der Waals surface area contributed by atoms with E-state index in [2.05, 4.69) is 5.10 Å². The fourth-order valence-electron chi connectivity index (χ4n) is 2.53. The summed E-state index contributed by atoms with van der Waals surface area (Å²) in [6.07, 6.45) is 2.23. The molecule has 7 heteroatoms. The van der Waals surface area contributed by atoms with Gasteiger partial charge in [-0.3, -0.25) is 4.79 Å². The van der Waals surface area contributed by atoms with Crippen molar-refractivity contribution in [3.63, 3.8) is 0 Å². The highest BCUT2D eigenvalue weighted by molar-refractivity contribution is 6.32. The number of carbonyl (C=O) groups excluding carboxylic acids is 1. The van der Waals surface area contributed by atoms with Crippen molar-refractivity contribution in [2.75, 3.05) is 13.1 Å². The number of alkyl halides is 2. The van der Waals surface area contributed by atoms with Gasteiger partial charge in [-0.25, -0.2) is 13.5 Å². The fraction of sp³-hybridized carbons (Fsp3) is 0.333. The van der Waals surface area contributed by atoms with Gasteiger partial charge in [-0.1, -0.05) is 23.7 Å². The Kier molecular flexibility index (Phi) is 3.64. The zero-order valence-corrected chi connectivity index (χ0v) is 12.6. The Morgan fingerprint density at radius 1 is 1.36 bits per heavy atom. The number of nitrogens with zero attached hydrogens (tertiary/aromatic N) is 3. The third-order valence-electron chi connectivity index (χ3n) is 3.50. The van der Waals surface area contributed by atoms with Crippen LogP contribution in [0, 0.1) is 0 Å². The monoisotopic (exact) mass is 325 g/mol. The van der Waals surface area contributed by atoms with E-state index in [9.17, 15) is 13.6 Å². The van der Waals surface area contributed by atoms with Crippen LogP contribution >= 0.6 is 11.6 Å². The van der Waals surface area contributed by atoms with Crippen LogP contribution in [-0.4, -0.2) is 39.6 Å². The molecule has 1 aliphatic rings. The maximum atomic E-state index is 13.1. The highest BCUT2D eigenvalue weighted by Crippen LogP contribution is 2.25. The minimum Gasteiger partial charge on any atom is -0.331 e. The van der Waals surface area contributed by atoms with Crippen LogP contribution in [0.25, 0.3) is 5.69 Å². The molecule has 1 aliphatic heterocycles. The van der Waals surface area contributed by atoms with Crippen molar-refractivity contribution < 1.29 is 13.6 Å². The molecular formula is C15H14ClF2N3O. The lowest BCUT2D eigenvalue weighted by molar-refractivity contribution is -0.0119. The van der Waals surface area contributed by atoms with E-state index in [1.165, 1.54) is 4.68 Å². The number of hydrogen-bond donors (Lipinski definition) is 0. The van der Waals surface area contributed by atoms with Crippen LogP contribution in [-0.2, 0) is 6.42 Å². The molecule has 4 nitrogen and oxygen atoms in total. The molecule has 0 atom stereocenters. The average Bonchev–Trinajstić information content (AvgIpc) is 2.86. The summed E-state index contributed by atoms with van der Waals surface area (Å²) in [5.74, 6) is -3.38. The normalized spacial score (nSPS) is 15.1. The van der Waals surface area contributed by atoms with Crippen LogP contribution in [0.1, 0.15) is 23.0 Å². The van der Waals surface area contributed by atoms with Gasteiger partial charge >= 0.3 is 0 Å². The van der Waals surface area contributed by atoms with Crippen LogP contribution in [0.2, 0.25) is 5.02 Å². The second-order valence-corrected chi connectivity index (χ2v) is 5.85. The number of benzene rings is 1. The Balaban J connectivity index is 1.93. The lowest BCUT2D eigenvalue weighted by Crippen LogP contribution is -2.43. The fourth-order valence-corrected chi connectivity index (χ4v) is 2.75. The first-order valence-corrected chi connectivity index (χ1v) is 7.23. The van der Waals surface area contributed by atoms with E-state index in [1.54, 1.807) is 24.4 Å². The predicted octanol–water partition coefficient (Wildman–Crippen LogP) is 3.18. The second-order valence-electron chi connectivity index (χ2n) is 5.45. The molecule has 0 bridgehead atoms. The number of carbonyl (C=O) groups is 1. The summed E-state index contributed by atoms with van der Waals surface area (Å²) in [5.41, 5.74) is 1.62. The summed E-state index contributed by atoms with van der Waals surface area (Å²) in [5, 5.41) is 4.75. The molecule has 116 valence electrons. The molecule has 0 fully saturated rings. The van der Waals surface area contributed by atoms with Gasteiger partial charge in [0.25, 0.3) is 11.8 Å². The standard InChI is InChI=1S/C15H14ClF2N3O/c1-15(17,18)9-20-7-6-10-8-21(19-13(10)14(20)22)12-5-3-2-4-11(12)16/h2-5,8H,6-7,9H2,1H3. The Labute approximate surface area is 131 Å². The number of hydrogen-bond acceptors (Lipinski definition) is 2. The Bertz CT molecular complexity index is 724. The van der Waals surface area contributed by atoms with Gasteiger partial charge in [0.1, 0.15) is 0 Å². The van der Waals surface area contributed by atoms with Gasteiger partial charge in [-0.15, -0.1) is 0 Å². The summed E-state index contributed by atoms with van der Waals surface area (Å²) in [4.78, 5) is 13.5. The predicted molar refractivity (Wildman–Crippen MR) is 78.8 cm³/mol. The second kappa shape index (κ2) is 5.35. The number of aromatic nitrogens is 2. The molecule has 2 aromatic rings. The van der Waals surface area contributed by atoms with Crippen molar-refractivity contribution in [1.82, 2.24) is 14.7 Å². The van der Waals surface area contributed by atoms with Gasteiger partial charge in [0.15, 0.2) is 5.69 Å². The van der Waals surface area contributed by atoms with Crippen molar-refractivity contribution in [1.29, 1.82) is 0 Å². The third kappa shape index (κ3) is 2.83. The van der Waals surface area contributed by atoms with Gasteiger partial charge in [0, 0.05) is 25.2 Å². The molecule has 1 aromatic carbocycles. The van der Waals surface area contributed by atoms with E-state index >= 15 is 0 Å². The maximum absolute atomic E-state index is 13.1. The minimum atomic E-state index is -2.92. The molecule has 1 aromatic heterocycles. The van der Waals surface area contributed by atoms with Gasteiger partial charge in [0.2, 0.25) is 0 Å². The van der Waals surface area contributed by atoms with Crippen molar-refractivity contribution in [3.8, 4) is 5.69 Å². The highest BCUT2D eigenvalue weighted by atomic mass is 35.5. The van der Waals surface area contributed by atoms with Crippen LogP contribution in [0.5, 0.6) is 0 Å². The van der Waals surface area contributed by atoms with Crippen molar-refractivity contribution in [2.24, 2.45) is 0 Å². The van der Waals surface area contributed by atoms with Crippen molar-refractivity contribution >= 4 is 17.5 Å². The quantitative estimate of drug-likeness (QED) is 0.869. The smallest absolute Gasteiger partial charge is 0.274 e. The van der Waals surface area contributed by atoms with E-state index in [1.807, 2.05) is 6.07 Å². The zero-order valence-electron chi connectivity index (χ0n) is 11.9. The Morgan fingerprint density at radius 2 is 2.09 bits per heavy atom. The summed E-state index contributed by atoms with van der Waals surface area (Å²) < 4.78 is 27.8. The summed E-state index contributed by atoms with van der Waals surface area (Å²) >= 11 is 6.12. The van der Waals surface area contributed by atoms with Crippen LogP contribution < -0.4 is 0 Å². The highest BCUT2D eigenvalue weighted by Gasteiger charge is 2.34. The van der Waals surface area contributed by atoms with Gasteiger partial charge in [-0.2, -0.15) is 5.10 Å². The van der Waals surface area contributed by atoms with Crippen LogP contribution in [0.15, 0.2) is 30.5 Å². The Morgan fingerprint density at radius 3 is 2.77 bits per heavy atom. The first-order valence-electron chi connectivity index (χ1n) is 6.86. The van der Waals surface area contributed by atoms with Crippen molar-refractivity contribution in [2.45, 2.75) is 19.3 Å². The molecule has 0 saturated carbocycles. The van der Waals surface area contributed by atoms with E-state index in [0.29, 0.717) is 17.1 Å². The molecule has 0 radical (unpaired) electrons. The number of halogens is 3. The first kappa shape index (κ1) is 15.0. The zero-order chi connectivity index (χ0) is 15.9. The van der Waals surface area contributed by atoms with E-state index in [-0.39, 0.29) is 12.2 Å². The van der Waals surface area contributed by atoms with Crippen LogP contribution in [0.4, 0.5) is 8.78 Å². The largest absolute Gasteiger partial charge is 0.331 e. The molecular weight excluding hydrogens is 312 g/mol. The molecule has 3 rings (SSSR count). The topological polar surface area (TPSA) is 38.1 Å². The molecule has 1 amide bonds. The van der Waals surface area contributed by atoms with E-state index in [0.717, 1.165) is 17.4 Å². The summed E-state index contributed by atoms with van der Waals surface area (Å²) in [6.45, 7) is 0.478. The molecule has 22 heavy (non-hydrogen) atoms. The number of fused-ring (bicyclic) bond motifs is 1. The van der Waals surface area contributed by atoms with Crippen molar-refractivity contribution in [3.05, 3.63) is 46.7 Å². The van der Waals surface area contributed by atoms with Crippen LogP contribution in [0.3, 0.4) is 0 Å². The molecule has 2 heterocycles. The van der Waals surface area contributed by atoms with E-state index < -0.39 is 18.4 Å². The Hall–Kier alpha value is -1.95. The SMILES string of the molecule is CC(F)(F)CN1CCc2cn(-c3ccccc3Cl)nc2C1=O. The first-order chi connectivity index (χ1) is 10.3. The van der Waals surface area contributed by atoms with Gasteiger partial charge in [0.05, 0.1) is 17.3 Å². The number of para-hydroxylation sites is 1. The van der Waals surface area contributed by atoms with Gasteiger partial charge < -0.3 is 4.90 Å². The molecule has 0 aliphatic carbocycles. The van der Waals surface area contributed by atoms with Gasteiger partial charge in [-0.05, 0) is 18.6 Å².